The van der Waals surface area contributed by atoms with Crippen LogP contribution < -0.4 is 0 Å². The average Bonchev–Trinajstić information content (AvgIpc) is 3.65. The van der Waals surface area contributed by atoms with E-state index in [4.69, 9.17) is 0 Å². The standard InChI is InChI=1S/C33H32N2O3S3/c1-24(14-17-34-19-21-40-33(38)35(34)18-15-29-12-13-30(41-29)32(36)37)22-26-7-5-6-25(23-26)10-11-28-16-20-39-31(28)27-8-3-2-4-9-27/h2-9,12-13,16,20,23-24H,14-15,17-19,21-22H2,1H3,(H,36,37). The predicted molar refractivity (Wildman–Crippen MR) is 171 cm³/mol. The molecule has 2 aromatic heterocycles. The average molecular weight is 601 g/mol. The topological polar surface area (TPSA) is 60.9 Å². The number of carboxylic acids is 1. The number of benzene rings is 2. The van der Waals surface area contributed by atoms with Crippen LogP contribution in [0.15, 0.2) is 78.2 Å². The highest BCUT2D eigenvalue weighted by molar-refractivity contribution is 8.13. The highest BCUT2D eigenvalue weighted by atomic mass is 32.2. The van der Waals surface area contributed by atoms with E-state index in [1.165, 1.54) is 39.1 Å². The minimum absolute atomic E-state index is 0.0752. The zero-order valence-corrected chi connectivity index (χ0v) is 25.4. The number of hydrazine groups is 1. The Morgan fingerprint density at radius 1 is 1.02 bits per heavy atom. The van der Waals surface area contributed by atoms with Crippen molar-refractivity contribution in [3.8, 4) is 22.3 Å². The summed E-state index contributed by atoms with van der Waals surface area (Å²) in [5.41, 5.74) is 4.54. The molecule has 1 aliphatic heterocycles. The van der Waals surface area contributed by atoms with Crippen molar-refractivity contribution >= 4 is 45.6 Å². The SMILES string of the molecule is CC(CCN1CCSC(=O)N1CCc1ccc(C(=O)O)s1)Cc1cccc(C#Cc2ccsc2-c2ccccc2)c1. The Morgan fingerprint density at radius 2 is 1.88 bits per heavy atom. The van der Waals surface area contributed by atoms with Crippen molar-refractivity contribution in [2.24, 2.45) is 5.92 Å². The normalized spacial score (nSPS) is 14.5. The van der Waals surface area contributed by atoms with Crippen molar-refractivity contribution < 1.29 is 14.7 Å². The molecule has 4 aromatic rings. The van der Waals surface area contributed by atoms with Gasteiger partial charge in [0.25, 0.3) is 5.24 Å². The van der Waals surface area contributed by atoms with Crippen LogP contribution in [0.4, 0.5) is 4.79 Å². The second-order valence-corrected chi connectivity index (χ2v) is 13.2. The zero-order chi connectivity index (χ0) is 28.6. The number of thiophene rings is 2. The monoisotopic (exact) mass is 600 g/mol. The maximum Gasteiger partial charge on any atom is 0.345 e. The molecule has 2 aromatic carbocycles. The van der Waals surface area contributed by atoms with Crippen molar-refractivity contribution in [1.29, 1.82) is 0 Å². The van der Waals surface area contributed by atoms with E-state index in [-0.39, 0.29) is 5.24 Å². The Hall–Kier alpha value is -3.35. The van der Waals surface area contributed by atoms with Gasteiger partial charge in [0.2, 0.25) is 0 Å². The Balaban J connectivity index is 1.16. The first-order valence-electron chi connectivity index (χ1n) is 13.7. The molecule has 5 rings (SSSR count). The molecule has 1 aliphatic rings. The molecular weight excluding hydrogens is 569 g/mol. The van der Waals surface area contributed by atoms with Crippen molar-refractivity contribution in [3.63, 3.8) is 0 Å². The van der Waals surface area contributed by atoms with E-state index >= 15 is 0 Å². The molecule has 0 spiro atoms. The number of carboxylic acid groups (broad SMARTS) is 1. The van der Waals surface area contributed by atoms with Gasteiger partial charge < -0.3 is 5.11 Å². The first kappa shape index (κ1) is 29.2. The number of aromatic carboxylic acids is 1. The van der Waals surface area contributed by atoms with E-state index in [9.17, 15) is 14.7 Å². The Morgan fingerprint density at radius 3 is 2.68 bits per heavy atom. The van der Waals surface area contributed by atoms with Crippen LogP contribution in [0.1, 0.15) is 44.6 Å². The summed E-state index contributed by atoms with van der Waals surface area (Å²) in [6.45, 7) is 4.49. The lowest BCUT2D eigenvalue weighted by atomic mass is 9.97. The number of hydrogen-bond acceptors (Lipinski definition) is 6. The van der Waals surface area contributed by atoms with Crippen LogP contribution in [-0.4, -0.2) is 51.7 Å². The molecule has 1 amide bonds. The third-order valence-corrected chi connectivity index (χ3v) is 9.94. The first-order valence-corrected chi connectivity index (χ1v) is 16.4. The molecule has 0 bridgehead atoms. The maximum absolute atomic E-state index is 12.7. The molecule has 3 heterocycles. The number of amides is 1. The summed E-state index contributed by atoms with van der Waals surface area (Å²) in [5.74, 6) is 7.09. The predicted octanol–water partition coefficient (Wildman–Crippen LogP) is 7.77. The van der Waals surface area contributed by atoms with E-state index in [1.54, 1.807) is 17.4 Å². The zero-order valence-electron chi connectivity index (χ0n) is 22.9. The first-order chi connectivity index (χ1) is 20.0. The van der Waals surface area contributed by atoms with Gasteiger partial charge in [0.05, 0.1) is 0 Å². The molecule has 0 saturated carbocycles. The van der Waals surface area contributed by atoms with E-state index in [0.717, 1.165) is 47.7 Å². The van der Waals surface area contributed by atoms with Crippen molar-refractivity contribution in [2.45, 2.75) is 26.2 Å². The molecular formula is C33H32N2O3S3. The van der Waals surface area contributed by atoms with Gasteiger partial charge in [-0.1, -0.05) is 73.0 Å². The summed E-state index contributed by atoms with van der Waals surface area (Å²) < 4.78 is 0. The van der Waals surface area contributed by atoms with Gasteiger partial charge in [-0.2, -0.15) is 0 Å². The largest absolute Gasteiger partial charge is 0.477 e. The molecule has 0 radical (unpaired) electrons. The lowest BCUT2D eigenvalue weighted by Crippen LogP contribution is -2.50. The van der Waals surface area contributed by atoms with E-state index in [2.05, 4.69) is 83.8 Å². The second-order valence-electron chi connectivity index (χ2n) is 10.1. The summed E-state index contributed by atoms with van der Waals surface area (Å²) in [6.07, 6.45) is 2.58. The van der Waals surface area contributed by atoms with E-state index in [1.807, 2.05) is 17.1 Å². The Bertz CT molecular complexity index is 1550. The third kappa shape index (κ3) is 7.90. The highest BCUT2D eigenvalue weighted by Crippen LogP contribution is 2.29. The molecule has 1 unspecified atom stereocenters. The molecule has 1 saturated heterocycles. The molecule has 1 N–H and O–H groups in total. The number of carbonyl (C=O) groups excluding carboxylic acids is 1. The molecule has 0 aliphatic carbocycles. The van der Waals surface area contributed by atoms with Crippen molar-refractivity contribution in [2.75, 3.05) is 25.4 Å². The minimum Gasteiger partial charge on any atom is -0.477 e. The second kappa shape index (κ2) is 14.0. The Kier molecular flexibility index (Phi) is 9.97. The van der Waals surface area contributed by atoms with Gasteiger partial charge in [-0.3, -0.25) is 9.80 Å². The highest BCUT2D eigenvalue weighted by Gasteiger charge is 2.27. The van der Waals surface area contributed by atoms with Gasteiger partial charge in [-0.05, 0) is 65.6 Å². The van der Waals surface area contributed by atoms with Crippen LogP contribution in [0, 0.1) is 17.8 Å². The van der Waals surface area contributed by atoms with Gasteiger partial charge in [0.15, 0.2) is 0 Å². The summed E-state index contributed by atoms with van der Waals surface area (Å²) in [4.78, 5) is 26.4. The molecule has 1 atom stereocenters. The minimum atomic E-state index is -0.904. The van der Waals surface area contributed by atoms with Gasteiger partial charge in [-0.15, -0.1) is 22.7 Å². The summed E-state index contributed by atoms with van der Waals surface area (Å²) in [5, 5.41) is 15.4. The Labute approximate surface area is 253 Å². The number of carbonyl (C=O) groups is 2. The number of rotatable bonds is 10. The van der Waals surface area contributed by atoms with E-state index < -0.39 is 5.97 Å². The molecule has 210 valence electrons. The van der Waals surface area contributed by atoms with Crippen molar-refractivity contribution in [1.82, 2.24) is 10.0 Å². The van der Waals surface area contributed by atoms with Crippen LogP contribution >= 0.6 is 34.4 Å². The fraction of sp³-hybridized carbons (Fsp3) is 0.273. The van der Waals surface area contributed by atoms with Gasteiger partial charge in [0, 0.05) is 52.7 Å². The number of nitrogens with zero attached hydrogens (tertiary/aromatic N) is 2. The molecule has 5 nitrogen and oxygen atoms in total. The smallest absolute Gasteiger partial charge is 0.345 e. The summed E-state index contributed by atoms with van der Waals surface area (Å²) >= 11 is 4.36. The summed E-state index contributed by atoms with van der Waals surface area (Å²) in [7, 11) is 0. The van der Waals surface area contributed by atoms with Gasteiger partial charge in [-0.25, -0.2) is 9.80 Å². The van der Waals surface area contributed by atoms with Crippen LogP contribution in [0.25, 0.3) is 10.4 Å². The van der Waals surface area contributed by atoms with Gasteiger partial charge in [0.1, 0.15) is 4.88 Å². The fourth-order valence-electron chi connectivity index (χ4n) is 4.87. The summed E-state index contributed by atoms with van der Waals surface area (Å²) in [6, 6.07) is 24.5. The van der Waals surface area contributed by atoms with Crippen LogP contribution in [0.3, 0.4) is 0 Å². The maximum atomic E-state index is 12.7. The van der Waals surface area contributed by atoms with E-state index in [0.29, 0.717) is 23.8 Å². The number of hydrogen-bond donors (Lipinski definition) is 1. The lowest BCUT2D eigenvalue weighted by Gasteiger charge is -2.38. The number of thioether (sulfide) groups is 1. The lowest BCUT2D eigenvalue weighted by molar-refractivity contribution is 0.0241. The third-order valence-electron chi connectivity index (χ3n) is 7.00. The van der Waals surface area contributed by atoms with Crippen LogP contribution in [-0.2, 0) is 12.8 Å². The fourth-order valence-corrected chi connectivity index (χ4v) is 7.39. The van der Waals surface area contributed by atoms with Crippen LogP contribution in [0.5, 0.6) is 0 Å². The molecule has 41 heavy (non-hydrogen) atoms. The quantitative estimate of drug-likeness (QED) is 0.189. The van der Waals surface area contributed by atoms with Crippen LogP contribution in [0.2, 0.25) is 0 Å². The van der Waals surface area contributed by atoms with Gasteiger partial charge >= 0.3 is 5.97 Å². The van der Waals surface area contributed by atoms with Crippen molar-refractivity contribution in [3.05, 3.63) is 105 Å². The molecule has 1 fully saturated rings. The molecule has 8 heteroatoms.